The second-order valence-electron chi connectivity index (χ2n) is 5.25. The molecule has 23 heavy (non-hydrogen) atoms. The molecule has 1 aliphatic heterocycles. The van der Waals surface area contributed by atoms with E-state index in [4.69, 9.17) is 4.74 Å². The van der Waals surface area contributed by atoms with Gasteiger partial charge >= 0.3 is 0 Å². The van der Waals surface area contributed by atoms with E-state index in [0.717, 1.165) is 23.9 Å². The molecule has 1 amide bonds. The van der Waals surface area contributed by atoms with Gasteiger partial charge in [0.15, 0.2) is 0 Å². The summed E-state index contributed by atoms with van der Waals surface area (Å²) in [4.78, 5) is 20.5. The predicted molar refractivity (Wildman–Crippen MR) is 91.6 cm³/mol. The lowest BCUT2D eigenvalue weighted by Gasteiger charge is -2.11. The molecule has 0 aliphatic carbocycles. The van der Waals surface area contributed by atoms with Crippen molar-refractivity contribution >= 4 is 33.5 Å². The van der Waals surface area contributed by atoms with Crippen LogP contribution in [0.15, 0.2) is 41.1 Å². The van der Waals surface area contributed by atoms with Crippen molar-refractivity contribution in [2.24, 2.45) is 0 Å². The minimum atomic E-state index is -0.248. The third-order valence-corrected chi connectivity index (χ3v) is 4.24. The van der Waals surface area contributed by atoms with Gasteiger partial charge in [0, 0.05) is 30.0 Å². The summed E-state index contributed by atoms with van der Waals surface area (Å²) in [5, 5.41) is 5.94. The van der Waals surface area contributed by atoms with E-state index in [-0.39, 0.29) is 12.0 Å². The second kappa shape index (κ2) is 7.52. The van der Waals surface area contributed by atoms with Gasteiger partial charge in [-0.15, -0.1) is 0 Å². The Morgan fingerprint density at radius 1 is 1.30 bits per heavy atom. The highest BCUT2D eigenvalue weighted by Crippen LogP contribution is 2.21. The van der Waals surface area contributed by atoms with Gasteiger partial charge in [0.1, 0.15) is 0 Å². The quantitative estimate of drug-likeness (QED) is 0.838. The van der Waals surface area contributed by atoms with Crippen LogP contribution in [-0.2, 0) is 4.74 Å². The largest absolute Gasteiger partial charge is 0.376 e. The Hall–Kier alpha value is -1.99. The molecule has 6 nitrogen and oxygen atoms in total. The Kier molecular flexibility index (Phi) is 5.19. The van der Waals surface area contributed by atoms with E-state index in [2.05, 4.69) is 36.5 Å². The number of ether oxygens (including phenoxy) is 1. The SMILES string of the molecule is O=C(Nc1ccccc1Br)c1cnc(NCC2CCCO2)nc1. The Bertz CT molecular complexity index is 672. The molecule has 0 saturated carbocycles. The topological polar surface area (TPSA) is 76.1 Å². The van der Waals surface area contributed by atoms with E-state index in [9.17, 15) is 4.79 Å². The minimum Gasteiger partial charge on any atom is -0.376 e. The Morgan fingerprint density at radius 2 is 2.09 bits per heavy atom. The van der Waals surface area contributed by atoms with Gasteiger partial charge in [0.05, 0.1) is 17.4 Å². The van der Waals surface area contributed by atoms with Gasteiger partial charge in [0.2, 0.25) is 5.95 Å². The highest BCUT2D eigenvalue weighted by molar-refractivity contribution is 9.10. The number of aromatic nitrogens is 2. The van der Waals surface area contributed by atoms with Gasteiger partial charge in [-0.25, -0.2) is 9.97 Å². The molecule has 0 radical (unpaired) electrons. The smallest absolute Gasteiger partial charge is 0.258 e. The van der Waals surface area contributed by atoms with Crippen molar-refractivity contribution in [1.82, 2.24) is 9.97 Å². The predicted octanol–water partition coefficient (Wildman–Crippen LogP) is 3.08. The molecule has 2 heterocycles. The summed E-state index contributed by atoms with van der Waals surface area (Å²) in [7, 11) is 0. The molecule has 2 N–H and O–H groups in total. The molecule has 2 aromatic rings. The summed E-state index contributed by atoms with van der Waals surface area (Å²) in [5.74, 6) is 0.250. The molecule has 3 rings (SSSR count). The molecule has 1 atom stereocenters. The zero-order chi connectivity index (χ0) is 16.1. The fourth-order valence-electron chi connectivity index (χ4n) is 2.30. The maximum Gasteiger partial charge on any atom is 0.258 e. The van der Waals surface area contributed by atoms with Crippen molar-refractivity contribution in [3.63, 3.8) is 0 Å². The molecule has 7 heteroatoms. The highest BCUT2D eigenvalue weighted by Gasteiger charge is 2.15. The van der Waals surface area contributed by atoms with Crippen molar-refractivity contribution in [3.05, 3.63) is 46.7 Å². The monoisotopic (exact) mass is 376 g/mol. The van der Waals surface area contributed by atoms with Crippen molar-refractivity contribution in [2.75, 3.05) is 23.8 Å². The normalized spacial score (nSPS) is 17.0. The van der Waals surface area contributed by atoms with Crippen LogP contribution in [0, 0.1) is 0 Å². The van der Waals surface area contributed by atoms with Crippen LogP contribution in [-0.4, -0.2) is 35.1 Å². The van der Waals surface area contributed by atoms with Crippen LogP contribution < -0.4 is 10.6 Å². The summed E-state index contributed by atoms with van der Waals surface area (Å²) in [5.41, 5.74) is 1.11. The number of hydrogen-bond donors (Lipinski definition) is 2. The third-order valence-electron chi connectivity index (χ3n) is 3.55. The van der Waals surface area contributed by atoms with Crippen molar-refractivity contribution in [1.29, 1.82) is 0 Å². The minimum absolute atomic E-state index is 0.219. The molecular weight excluding hydrogens is 360 g/mol. The number of halogens is 1. The zero-order valence-corrected chi connectivity index (χ0v) is 14.0. The lowest BCUT2D eigenvalue weighted by Crippen LogP contribution is -2.20. The number of carbonyl (C=O) groups excluding carboxylic acids is 1. The molecule has 1 fully saturated rings. The molecule has 1 aliphatic rings. The van der Waals surface area contributed by atoms with E-state index < -0.39 is 0 Å². The first kappa shape index (κ1) is 15.9. The van der Waals surface area contributed by atoms with E-state index in [1.165, 1.54) is 12.4 Å². The van der Waals surface area contributed by atoms with Gasteiger partial charge in [-0.3, -0.25) is 4.79 Å². The fraction of sp³-hybridized carbons (Fsp3) is 0.312. The lowest BCUT2D eigenvalue weighted by atomic mass is 10.2. The first-order chi connectivity index (χ1) is 11.2. The number of nitrogens with one attached hydrogen (secondary N) is 2. The Labute approximate surface area is 142 Å². The summed E-state index contributed by atoms with van der Waals surface area (Å²) >= 11 is 3.39. The van der Waals surface area contributed by atoms with Crippen LogP contribution in [0.1, 0.15) is 23.2 Å². The van der Waals surface area contributed by atoms with Gasteiger partial charge in [-0.05, 0) is 40.9 Å². The first-order valence-corrected chi connectivity index (χ1v) is 8.25. The van der Waals surface area contributed by atoms with E-state index in [0.29, 0.717) is 23.7 Å². The van der Waals surface area contributed by atoms with Crippen molar-refractivity contribution < 1.29 is 9.53 Å². The molecule has 120 valence electrons. The average molecular weight is 377 g/mol. The van der Waals surface area contributed by atoms with Crippen LogP contribution in [0.25, 0.3) is 0 Å². The molecule has 1 aromatic heterocycles. The van der Waals surface area contributed by atoms with Gasteiger partial charge in [-0.1, -0.05) is 12.1 Å². The maximum absolute atomic E-state index is 12.2. The number of benzene rings is 1. The van der Waals surface area contributed by atoms with Crippen LogP contribution in [0.5, 0.6) is 0 Å². The van der Waals surface area contributed by atoms with Crippen LogP contribution in [0.4, 0.5) is 11.6 Å². The number of amides is 1. The van der Waals surface area contributed by atoms with Crippen LogP contribution in [0.2, 0.25) is 0 Å². The van der Waals surface area contributed by atoms with E-state index in [1.807, 2.05) is 24.3 Å². The Morgan fingerprint density at radius 3 is 2.78 bits per heavy atom. The zero-order valence-electron chi connectivity index (χ0n) is 12.5. The fourth-order valence-corrected chi connectivity index (χ4v) is 2.69. The van der Waals surface area contributed by atoms with E-state index in [1.54, 1.807) is 0 Å². The van der Waals surface area contributed by atoms with Crippen LogP contribution in [0.3, 0.4) is 0 Å². The molecule has 0 spiro atoms. The van der Waals surface area contributed by atoms with Gasteiger partial charge < -0.3 is 15.4 Å². The van der Waals surface area contributed by atoms with Gasteiger partial charge in [0.25, 0.3) is 5.91 Å². The molecule has 1 unspecified atom stereocenters. The molecule has 0 bridgehead atoms. The highest BCUT2D eigenvalue weighted by atomic mass is 79.9. The standard InChI is InChI=1S/C16H17BrN4O2/c17-13-5-1-2-6-14(13)21-15(22)11-8-18-16(19-9-11)20-10-12-4-3-7-23-12/h1-2,5-6,8-9,12H,3-4,7,10H2,(H,21,22)(H,18,19,20). The molecule has 1 saturated heterocycles. The Balaban J connectivity index is 1.57. The van der Waals surface area contributed by atoms with Crippen LogP contribution >= 0.6 is 15.9 Å². The molecular formula is C16H17BrN4O2. The maximum atomic E-state index is 12.2. The third kappa shape index (κ3) is 4.27. The first-order valence-electron chi connectivity index (χ1n) is 7.46. The summed E-state index contributed by atoms with van der Waals surface area (Å²) in [6.45, 7) is 1.50. The summed E-state index contributed by atoms with van der Waals surface area (Å²) < 4.78 is 6.35. The number of rotatable bonds is 5. The van der Waals surface area contributed by atoms with Crippen molar-refractivity contribution in [3.8, 4) is 0 Å². The summed E-state index contributed by atoms with van der Waals surface area (Å²) in [6.07, 6.45) is 5.39. The average Bonchev–Trinajstić information content (AvgIpc) is 3.09. The number of hydrogen-bond acceptors (Lipinski definition) is 5. The number of carbonyl (C=O) groups is 1. The van der Waals surface area contributed by atoms with E-state index >= 15 is 0 Å². The number of para-hydroxylation sites is 1. The summed E-state index contributed by atoms with van der Waals surface area (Å²) in [6, 6.07) is 7.43. The van der Waals surface area contributed by atoms with Crippen molar-refractivity contribution in [2.45, 2.75) is 18.9 Å². The molecule has 1 aromatic carbocycles. The number of anilines is 2. The van der Waals surface area contributed by atoms with Gasteiger partial charge in [-0.2, -0.15) is 0 Å². The lowest BCUT2D eigenvalue weighted by molar-refractivity contribution is 0.102. The number of nitrogens with zero attached hydrogens (tertiary/aromatic N) is 2. The second-order valence-corrected chi connectivity index (χ2v) is 6.10.